The van der Waals surface area contributed by atoms with Crippen molar-refractivity contribution in [2.75, 3.05) is 17.2 Å². The van der Waals surface area contributed by atoms with Crippen molar-refractivity contribution in [3.63, 3.8) is 0 Å². The molecule has 0 bridgehead atoms. The summed E-state index contributed by atoms with van der Waals surface area (Å²) in [6.45, 7) is 2.26. The predicted molar refractivity (Wildman–Crippen MR) is 57.3 cm³/mol. The van der Waals surface area contributed by atoms with Crippen molar-refractivity contribution in [1.29, 1.82) is 0 Å². The molecule has 0 aromatic heterocycles. The SMILES string of the molecule is CCC1CNc2cc(F)cc(F)c2NC1=O. The summed E-state index contributed by atoms with van der Waals surface area (Å²) in [6.07, 6.45) is 0.650. The van der Waals surface area contributed by atoms with E-state index >= 15 is 0 Å². The van der Waals surface area contributed by atoms with Crippen LogP contribution in [0.25, 0.3) is 0 Å². The van der Waals surface area contributed by atoms with E-state index in [-0.39, 0.29) is 17.5 Å². The first-order valence-electron chi connectivity index (χ1n) is 5.15. The molecule has 2 rings (SSSR count). The highest BCUT2D eigenvalue weighted by Crippen LogP contribution is 2.29. The summed E-state index contributed by atoms with van der Waals surface area (Å²) in [5, 5.41) is 5.35. The second kappa shape index (κ2) is 4.08. The maximum atomic E-state index is 13.4. The number of fused-ring (bicyclic) bond motifs is 1. The molecule has 1 aromatic rings. The summed E-state index contributed by atoms with van der Waals surface area (Å²) in [7, 11) is 0. The zero-order valence-electron chi connectivity index (χ0n) is 8.81. The van der Waals surface area contributed by atoms with E-state index in [0.717, 1.165) is 6.07 Å². The molecular weight excluding hydrogens is 214 g/mol. The molecule has 1 atom stereocenters. The fourth-order valence-electron chi connectivity index (χ4n) is 1.72. The molecule has 1 aliphatic heterocycles. The lowest BCUT2D eigenvalue weighted by Crippen LogP contribution is -2.25. The predicted octanol–water partition coefficient (Wildman–Crippen LogP) is 2.35. The number of nitrogens with one attached hydrogen (secondary N) is 2. The number of carbonyl (C=O) groups excluding carboxylic acids is 1. The first-order valence-corrected chi connectivity index (χ1v) is 5.15. The van der Waals surface area contributed by atoms with Gasteiger partial charge in [0, 0.05) is 12.6 Å². The molecule has 86 valence electrons. The van der Waals surface area contributed by atoms with Crippen LogP contribution in [0.3, 0.4) is 0 Å². The van der Waals surface area contributed by atoms with Crippen LogP contribution in [-0.2, 0) is 4.79 Å². The number of hydrogen-bond donors (Lipinski definition) is 2. The van der Waals surface area contributed by atoms with E-state index in [1.54, 1.807) is 0 Å². The van der Waals surface area contributed by atoms with Gasteiger partial charge in [-0.25, -0.2) is 8.78 Å². The minimum atomic E-state index is -0.757. The van der Waals surface area contributed by atoms with Crippen LogP contribution in [-0.4, -0.2) is 12.5 Å². The molecule has 1 unspecified atom stereocenters. The largest absolute Gasteiger partial charge is 0.382 e. The van der Waals surface area contributed by atoms with E-state index in [1.165, 1.54) is 6.07 Å². The molecule has 0 saturated carbocycles. The van der Waals surface area contributed by atoms with Crippen molar-refractivity contribution in [3.05, 3.63) is 23.8 Å². The normalized spacial score (nSPS) is 19.4. The Morgan fingerprint density at radius 2 is 2.19 bits per heavy atom. The number of benzene rings is 1. The fraction of sp³-hybridized carbons (Fsp3) is 0.364. The lowest BCUT2D eigenvalue weighted by Gasteiger charge is -2.09. The summed E-state index contributed by atoms with van der Waals surface area (Å²) in [5.41, 5.74) is 0.323. The Morgan fingerprint density at radius 3 is 2.88 bits per heavy atom. The Bertz CT molecular complexity index is 434. The average molecular weight is 226 g/mol. The van der Waals surface area contributed by atoms with Gasteiger partial charge in [-0.15, -0.1) is 0 Å². The van der Waals surface area contributed by atoms with Gasteiger partial charge < -0.3 is 10.6 Å². The Kier molecular flexibility index (Phi) is 2.77. The van der Waals surface area contributed by atoms with Crippen LogP contribution in [0, 0.1) is 17.6 Å². The molecular formula is C11H12F2N2O. The first-order chi connectivity index (χ1) is 7.61. The van der Waals surface area contributed by atoms with Crippen molar-refractivity contribution in [2.24, 2.45) is 5.92 Å². The third kappa shape index (κ3) is 1.85. The first kappa shape index (κ1) is 10.9. The maximum absolute atomic E-state index is 13.4. The molecule has 0 spiro atoms. The van der Waals surface area contributed by atoms with Gasteiger partial charge in [-0.3, -0.25) is 4.79 Å². The number of carbonyl (C=O) groups is 1. The highest BCUT2D eigenvalue weighted by atomic mass is 19.1. The van der Waals surface area contributed by atoms with Gasteiger partial charge in [0.15, 0.2) is 5.82 Å². The zero-order chi connectivity index (χ0) is 11.7. The highest BCUT2D eigenvalue weighted by molar-refractivity contribution is 5.97. The lowest BCUT2D eigenvalue weighted by atomic mass is 10.1. The van der Waals surface area contributed by atoms with Crippen molar-refractivity contribution in [1.82, 2.24) is 0 Å². The van der Waals surface area contributed by atoms with E-state index < -0.39 is 11.6 Å². The van der Waals surface area contributed by atoms with Crippen molar-refractivity contribution in [3.8, 4) is 0 Å². The molecule has 0 fully saturated rings. The van der Waals surface area contributed by atoms with Crippen LogP contribution in [0.15, 0.2) is 12.1 Å². The molecule has 16 heavy (non-hydrogen) atoms. The molecule has 5 heteroatoms. The molecule has 0 saturated heterocycles. The summed E-state index contributed by atoms with van der Waals surface area (Å²) in [4.78, 5) is 11.6. The molecule has 1 heterocycles. The number of hydrogen-bond acceptors (Lipinski definition) is 2. The second-order valence-electron chi connectivity index (χ2n) is 3.79. The molecule has 2 N–H and O–H groups in total. The van der Waals surface area contributed by atoms with Crippen molar-refractivity contribution >= 4 is 17.3 Å². The second-order valence-corrected chi connectivity index (χ2v) is 3.79. The van der Waals surface area contributed by atoms with Crippen LogP contribution in [0.5, 0.6) is 0 Å². The van der Waals surface area contributed by atoms with E-state index in [0.29, 0.717) is 18.7 Å². The Hall–Kier alpha value is -1.65. The van der Waals surface area contributed by atoms with Gasteiger partial charge in [0.25, 0.3) is 0 Å². The van der Waals surface area contributed by atoms with Gasteiger partial charge in [0.2, 0.25) is 5.91 Å². The smallest absolute Gasteiger partial charge is 0.229 e. The average Bonchev–Trinajstić information content (AvgIpc) is 2.38. The number of rotatable bonds is 1. The highest BCUT2D eigenvalue weighted by Gasteiger charge is 2.24. The Balaban J connectivity index is 2.40. The summed E-state index contributed by atoms with van der Waals surface area (Å²) >= 11 is 0. The standard InChI is InChI=1S/C11H12F2N2O/c1-2-6-5-14-9-4-7(12)3-8(13)10(9)15-11(6)16/h3-4,6,14H,2,5H2,1H3,(H,15,16). The van der Waals surface area contributed by atoms with Crippen LogP contribution >= 0.6 is 0 Å². The van der Waals surface area contributed by atoms with Gasteiger partial charge in [-0.2, -0.15) is 0 Å². The summed E-state index contributed by atoms with van der Waals surface area (Å²) in [5.74, 6) is -1.88. The van der Waals surface area contributed by atoms with E-state index in [9.17, 15) is 13.6 Å². The fourth-order valence-corrected chi connectivity index (χ4v) is 1.72. The molecule has 1 aromatic carbocycles. The van der Waals surface area contributed by atoms with Crippen molar-refractivity contribution in [2.45, 2.75) is 13.3 Å². The molecule has 3 nitrogen and oxygen atoms in total. The zero-order valence-corrected chi connectivity index (χ0v) is 8.81. The van der Waals surface area contributed by atoms with Crippen LogP contribution in [0.4, 0.5) is 20.2 Å². The molecule has 1 aliphatic rings. The van der Waals surface area contributed by atoms with E-state index in [1.807, 2.05) is 6.92 Å². The lowest BCUT2D eigenvalue weighted by molar-refractivity contribution is -0.119. The maximum Gasteiger partial charge on any atom is 0.229 e. The minimum absolute atomic E-state index is 0.0300. The van der Waals surface area contributed by atoms with Gasteiger partial charge in [0.1, 0.15) is 11.5 Å². The van der Waals surface area contributed by atoms with Crippen LogP contribution in [0.1, 0.15) is 13.3 Å². The van der Waals surface area contributed by atoms with E-state index in [4.69, 9.17) is 0 Å². The summed E-state index contributed by atoms with van der Waals surface area (Å²) < 4.78 is 26.4. The number of anilines is 2. The monoisotopic (exact) mass is 226 g/mol. The third-order valence-corrected chi connectivity index (χ3v) is 2.71. The molecule has 0 radical (unpaired) electrons. The third-order valence-electron chi connectivity index (χ3n) is 2.71. The number of amides is 1. The van der Waals surface area contributed by atoms with Gasteiger partial charge in [-0.1, -0.05) is 6.92 Å². The molecule has 1 amide bonds. The van der Waals surface area contributed by atoms with Crippen LogP contribution < -0.4 is 10.6 Å². The van der Waals surface area contributed by atoms with E-state index in [2.05, 4.69) is 10.6 Å². The van der Waals surface area contributed by atoms with Crippen LogP contribution in [0.2, 0.25) is 0 Å². The summed E-state index contributed by atoms with van der Waals surface area (Å²) in [6, 6.07) is 1.93. The Morgan fingerprint density at radius 1 is 1.44 bits per heavy atom. The van der Waals surface area contributed by atoms with Gasteiger partial charge >= 0.3 is 0 Å². The quantitative estimate of drug-likeness (QED) is 0.771. The van der Waals surface area contributed by atoms with Gasteiger partial charge in [0.05, 0.1) is 11.6 Å². The number of halogens is 2. The van der Waals surface area contributed by atoms with Crippen molar-refractivity contribution < 1.29 is 13.6 Å². The molecule has 0 aliphatic carbocycles. The Labute approximate surface area is 91.8 Å². The topological polar surface area (TPSA) is 41.1 Å². The van der Waals surface area contributed by atoms with Gasteiger partial charge in [-0.05, 0) is 12.5 Å². The minimum Gasteiger partial charge on any atom is -0.382 e.